The smallest absolute Gasteiger partial charge is 0.220 e. The lowest BCUT2D eigenvalue weighted by molar-refractivity contribution is 0.254. The van der Waals surface area contributed by atoms with Crippen LogP contribution in [-0.2, 0) is 13.2 Å². The highest BCUT2D eigenvalue weighted by Crippen LogP contribution is 2.28. The first-order valence-electron chi connectivity index (χ1n) is 6.31. The fourth-order valence-corrected chi connectivity index (χ4v) is 2.10. The van der Waals surface area contributed by atoms with Gasteiger partial charge in [0.1, 0.15) is 6.61 Å². The summed E-state index contributed by atoms with van der Waals surface area (Å²) >= 11 is 0. The molecule has 0 aliphatic carbocycles. The molecule has 5 nitrogen and oxygen atoms in total. The minimum absolute atomic E-state index is 0.172. The molecule has 20 heavy (non-hydrogen) atoms. The van der Waals surface area contributed by atoms with Gasteiger partial charge in [-0.25, -0.2) is 4.98 Å². The van der Waals surface area contributed by atoms with E-state index in [1.165, 1.54) is 0 Å². The molecule has 0 radical (unpaired) electrons. The zero-order chi connectivity index (χ0) is 13.9. The Bertz CT molecular complexity index is 723. The molecule has 0 unspecified atom stereocenters. The Balaban J connectivity index is 1.94. The van der Waals surface area contributed by atoms with Crippen LogP contribution >= 0.6 is 0 Å². The van der Waals surface area contributed by atoms with Crippen molar-refractivity contribution < 1.29 is 14.4 Å². The third-order valence-corrected chi connectivity index (χ3v) is 3.13. The van der Waals surface area contributed by atoms with E-state index in [1.807, 2.05) is 37.3 Å². The van der Waals surface area contributed by atoms with E-state index in [-0.39, 0.29) is 6.61 Å². The molecule has 0 spiro atoms. The molecule has 2 aromatic heterocycles. The first-order valence-corrected chi connectivity index (χ1v) is 6.31. The second kappa shape index (κ2) is 5.30. The highest BCUT2D eigenvalue weighted by Gasteiger charge is 2.15. The minimum Gasteiger partial charge on any atom is -0.473 e. The molecule has 0 atom stereocenters. The van der Waals surface area contributed by atoms with Crippen molar-refractivity contribution in [3.8, 4) is 5.88 Å². The van der Waals surface area contributed by atoms with Crippen LogP contribution in [0.1, 0.15) is 16.8 Å². The van der Waals surface area contributed by atoms with Crippen LogP contribution < -0.4 is 4.74 Å². The molecule has 0 bridgehead atoms. The number of aliphatic hydroxyl groups is 1. The second-order valence-corrected chi connectivity index (χ2v) is 4.48. The van der Waals surface area contributed by atoms with Crippen LogP contribution in [0.15, 0.2) is 41.1 Å². The fourth-order valence-electron chi connectivity index (χ4n) is 2.10. The summed E-state index contributed by atoms with van der Waals surface area (Å²) in [6, 6.07) is 9.81. The van der Waals surface area contributed by atoms with Crippen LogP contribution in [0.2, 0.25) is 0 Å². The van der Waals surface area contributed by atoms with Crippen LogP contribution in [-0.4, -0.2) is 15.2 Å². The van der Waals surface area contributed by atoms with Gasteiger partial charge in [-0.2, -0.15) is 0 Å². The van der Waals surface area contributed by atoms with Gasteiger partial charge in [-0.1, -0.05) is 35.5 Å². The fraction of sp³-hybridized carbons (Fsp3) is 0.200. The van der Waals surface area contributed by atoms with E-state index in [4.69, 9.17) is 9.26 Å². The molecule has 0 aliphatic heterocycles. The van der Waals surface area contributed by atoms with Crippen molar-refractivity contribution in [3.05, 3.63) is 53.3 Å². The first-order chi connectivity index (χ1) is 9.79. The van der Waals surface area contributed by atoms with E-state index in [1.54, 1.807) is 6.20 Å². The van der Waals surface area contributed by atoms with E-state index >= 15 is 0 Å². The summed E-state index contributed by atoms with van der Waals surface area (Å²) in [5.41, 5.74) is 2.92. The molecule has 3 rings (SSSR count). The van der Waals surface area contributed by atoms with E-state index in [0.29, 0.717) is 29.3 Å². The third kappa shape index (κ3) is 2.23. The normalized spacial score (nSPS) is 10.9. The largest absolute Gasteiger partial charge is 0.473 e. The summed E-state index contributed by atoms with van der Waals surface area (Å²) in [6.45, 7) is 2.05. The number of aryl methyl sites for hydroxylation is 1. The number of hydrogen-bond donors (Lipinski definition) is 1. The monoisotopic (exact) mass is 270 g/mol. The molecular weight excluding hydrogens is 256 g/mol. The van der Waals surface area contributed by atoms with Gasteiger partial charge in [0, 0.05) is 0 Å². The zero-order valence-corrected chi connectivity index (χ0v) is 11.0. The van der Waals surface area contributed by atoms with E-state index < -0.39 is 0 Å². The van der Waals surface area contributed by atoms with Crippen LogP contribution in [0, 0.1) is 6.92 Å². The Hall–Kier alpha value is -2.40. The summed E-state index contributed by atoms with van der Waals surface area (Å²) in [5.74, 6) is 0.421. The van der Waals surface area contributed by atoms with Crippen LogP contribution in [0.4, 0.5) is 0 Å². The lowest BCUT2D eigenvalue weighted by atomic mass is 10.1. The van der Waals surface area contributed by atoms with Gasteiger partial charge in [-0.3, -0.25) is 0 Å². The number of pyridine rings is 1. The third-order valence-electron chi connectivity index (χ3n) is 3.13. The molecule has 1 N–H and O–H groups in total. The Labute approximate surface area is 115 Å². The first kappa shape index (κ1) is 12.6. The molecule has 102 valence electrons. The predicted octanol–water partition coefficient (Wildman–Crippen LogP) is 2.60. The van der Waals surface area contributed by atoms with Crippen molar-refractivity contribution in [2.75, 3.05) is 0 Å². The quantitative estimate of drug-likeness (QED) is 0.789. The van der Waals surface area contributed by atoms with Crippen molar-refractivity contribution in [2.24, 2.45) is 0 Å². The molecule has 1 aromatic carbocycles. The van der Waals surface area contributed by atoms with Gasteiger partial charge in [0.05, 0.1) is 29.4 Å². The van der Waals surface area contributed by atoms with Crippen LogP contribution in [0.5, 0.6) is 5.88 Å². The number of hydrogen-bond acceptors (Lipinski definition) is 5. The van der Waals surface area contributed by atoms with Gasteiger partial charge in [-0.15, -0.1) is 0 Å². The van der Waals surface area contributed by atoms with Gasteiger partial charge >= 0.3 is 0 Å². The van der Waals surface area contributed by atoms with Crippen molar-refractivity contribution in [2.45, 2.75) is 20.1 Å². The summed E-state index contributed by atoms with van der Waals surface area (Å²) in [6.07, 6.45) is 1.57. The van der Waals surface area contributed by atoms with Crippen LogP contribution in [0.25, 0.3) is 11.0 Å². The summed E-state index contributed by atoms with van der Waals surface area (Å²) in [4.78, 5) is 4.34. The number of benzene rings is 1. The average Bonchev–Trinajstić information content (AvgIpc) is 2.96. The molecule has 0 amide bonds. The van der Waals surface area contributed by atoms with Gasteiger partial charge in [-0.05, 0) is 12.5 Å². The standard InChI is InChI=1S/C15H14N2O3/c1-10-14-12(7-16-20-14)13(8-18)15(17-10)19-9-11-5-3-2-4-6-11/h2-7,18H,8-9H2,1H3. The van der Waals surface area contributed by atoms with E-state index in [9.17, 15) is 5.11 Å². The van der Waals surface area contributed by atoms with Crippen molar-refractivity contribution in [1.82, 2.24) is 10.1 Å². The van der Waals surface area contributed by atoms with Gasteiger partial charge in [0.25, 0.3) is 0 Å². The molecule has 5 heteroatoms. The van der Waals surface area contributed by atoms with Crippen molar-refractivity contribution in [3.63, 3.8) is 0 Å². The molecule has 0 saturated heterocycles. The molecular formula is C15H14N2O3. The molecule has 0 saturated carbocycles. The van der Waals surface area contributed by atoms with Crippen LogP contribution in [0.3, 0.4) is 0 Å². The highest BCUT2D eigenvalue weighted by atomic mass is 16.5. The second-order valence-electron chi connectivity index (χ2n) is 4.48. The number of aliphatic hydroxyl groups excluding tert-OH is 1. The minimum atomic E-state index is -0.172. The zero-order valence-electron chi connectivity index (χ0n) is 11.0. The Kier molecular flexibility index (Phi) is 3.35. The number of fused-ring (bicyclic) bond motifs is 1. The van der Waals surface area contributed by atoms with Crippen molar-refractivity contribution >= 4 is 11.0 Å². The number of rotatable bonds is 4. The van der Waals surface area contributed by atoms with E-state index in [0.717, 1.165) is 10.9 Å². The topological polar surface area (TPSA) is 68.4 Å². The summed E-state index contributed by atoms with van der Waals surface area (Å²) in [7, 11) is 0. The Morgan fingerprint density at radius 3 is 2.80 bits per heavy atom. The predicted molar refractivity (Wildman–Crippen MR) is 73.2 cm³/mol. The molecule has 3 aromatic rings. The maximum absolute atomic E-state index is 9.53. The van der Waals surface area contributed by atoms with Gasteiger partial charge in [0.15, 0.2) is 5.58 Å². The maximum atomic E-state index is 9.53. The summed E-state index contributed by atoms with van der Waals surface area (Å²) in [5, 5.41) is 14.0. The number of aromatic nitrogens is 2. The van der Waals surface area contributed by atoms with Gasteiger partial charge in [0.2, 0.25) is 5.88 Å². The lowest BCUT2D eigenvalue weighted by Gasteiger charge is -2.10. The molecule has 0 aliphatic rings. The van der Waals surface area contributed by atoms with Gasteiger partial charge < -0.3 is 14.4 Å². The van der Waals surface area contributed by atoms with E-state index in [2.05, 4.69) is 10.1 Å². The average molecular weight is 270 g/mol. The summed E-state index contributed by atoms with van der Waals surface area (Å²) < 4.78 is 10.9. The lowest BCUT2D eigenvalue weighted by Crippen LogP contribution is -2.02. The Morgan fingerprint density at radius 1 is 1.25 bits per heavy atom. The number of nitrogens with zero attached hydrogens (tertiary/aromatic N) is 2. The SMILES string of the molecule is Cc1nc(OCc2ccccc2)c(CO)c2cnoc12. The Morgan fingerprint density at radius 2 is 2.05 bits per heavy atom. The maximum Gasteiger partial charge on any atom is 0.220 e. The van der Waals surface area contributed by atoms with Crippen molar-refractivity contribution in [1.29, 1.82) is 0 Å². The highest BCUT2D eigenvalue weighted by molar-refractivity contribution is 5.83. The molecule has 2 heterocycles. The number of ether oxygens (including phenoxy) is 1. The molecule has 0 fully saturated rings.